The number of carboxylic acids is 1. The topological polar surface area (TPSA) is 59.4 Å². The molecule has 0 spiro atoms. The Labute approximate surface area is 111 Å². The average Bonchev–Trinajstić information content (AvgIpc) is 2.25. The fourth-order valence-corrected chi connectivity index (χ4v) is 1.41. The van der Waals surface area contributed by atoms with Gasteiger partial charge in [-0.1, -0.05) is 0 Å². The highest BCUT2D eigenvalue weighted by molar-refractivity contribution is 6.17. The van der Waals surface area contributed by atoms with Crippen LogP contribution in [0.1, 0.15) is 21.7 Å². The summed E-state index contributed by atoms with van der Waals surface area (Å²) in [5, 5.41) is 8.58. The first kappa shape index (κ1) is 16.3. The molecule has 0 amide bonds. The summed E-state index contributed by atoms with van der Waals surface area (Å²) in [5.41, 5.74) is -3.99. The lowest BCUT2D eigenvalue weighted by atomic mass is 10.1. The second-order valence-electron chi connectivity index (χ2n) is 3.32. The minimum atomic E-state index is -5.41. The SMILES string of the molecule is O=C(O)c1cc(C(F)(F)F)c(OC(F)(F)F)c(CCl)n1. The van der Waals surface area contributed by atoms with Crippen molar-refractivity contribution in [3.05, 3.63) is 23.0 Å². The summed E-state index contributed by atoms with van der Waals surface area (Å²) in [6.45, 7) is 0. The van der Waals surface area contributed by atoms with Crippen LogP contribution in [0.15, 0.2) is 6.07 Å². The van der Waals surface area contributed by atoms with Crippen molar-refractivity contribution in [3.8, 4) is 5.75 Å². The second-order valence-corrected chi connectivity index (χ2v) is 3.58. The lowest BCUT2D eigenvalue weighted by Gasteiger charge is -2.17. The van der Waals surface area contributed by atoms with Gasteiger partial charge >= 0.3 is 18.5 Å². The highest BCUT2D eigenvalue weighted by Gasteiger charge is 2.42. The zero-order valence-corrected chi connectivity index (χ0v) is 9.90. The van der Waals surface area contributed by atoms with Gasteiger partial charge in [-0.25, -0.2) is 9.78 Å². The third-order valence-corrected chi connectivity index (χ3v) is 2.17. The van der Waals surface area contributed by atoms with Crippen LogP contribution in [0.25, 0.3) is 0 Å². The predicted octanol–water partition coefficient (Wildman–Crippen LogP) is 3.44. The first-order chi connectivity index (χ1) is 8.95. The monoisotopic (exact) mass is 323 g/mol. The summed E-state index contributed by atoms with van der Waals surface area (Å²) in [6, 6.07) is -0.0561. The van der Waals surface area contributed by atoms with Crippen molar-refractivity contribution in [2.45, 2.75) is 18.4 Å². The Morgan fingerprint density at radius 3 is 2.20 bits per heavy atom. The zero-order chi connectivity index (χ0) is 15.7. The summed E-state index contributed by atoms with van der Waals surface area (Å²) in [4.78, 5) is 13.7. The molecule has 112 valence electrons. The van der Waals surface area contributed by atoms with Gasteiger partial charge in [-0.15, -0.1) is 24.8 Å². The van der Waals surface area contributed by atoms with Gasteiger partial charge in [0, 0.05) is 0 Å². The molecule has 0 atom stereocenters. The Hall–Kier alpha value is -1.71. The summed E-state index contributed by atoms with van der Waals surface area (Å²) in [6.07, 6.45) is -10.7. The fraction of sp³-hybridized carbons (Fsp3) is 0.333. The molecule has 1 heterocycles. The molecule has 0 aromatic carbocycles. The molecule has 0 aliphatic rings. The first-order valence-corrected chi connectivity index (χ1v) is 5.15. The van der Waals surface area contributed by atoms with E-state index in [1.54, 1.807) is 0 Å². The summed E-state index contributed by atoms with van der Waals surface area (Å²) >= 11 is 5.19. The van der Waals surface area contributed by atoms with E-state index in [1.807, 2.05) is 0 Å². The van der Waals surface area contributed by atoms with Crippen LogP contribution in [-0.2, 0) is 12.1 Å². The molecule has 1 rings (SSSR count). The number of carbonyl (C=O) groups is 1. The molecule has 0 saturated carbocycles. The Kier molecular flexibility index (Phi) is 4.37. The van der Waals surface area contributed by atoms with E-state index in [-0.39, 0.29) is 6.07 Å². The third-order valence-electron chi connectivity index (χ3n) is 1.91. The van der Waals surface area contributed by atoms with Gasteiger partial charge in [0.25, 0.3) is 0 Å². The van der Waals surface area contributed by atoms with E-state index in [1.165, 1.54) is 0 Å². The van der Waals surface area contributed by atoms with Gasteiger partial charge in [0.2, 0.25) is 0 Å². The van der Waals surface area contributed by atoms with Gasteiger partial charge in [-0.2, -0.15) is 13.2 Å². The van der Waals surface area contributed by atoms with Crippen LogP contribution in [0, 0.1) is 0 Å². The van der Waals surface area contributed by atoms with Gasteiger partial charge in [-0.3, -0.25) is 0 Å². The van der Waals surface area contributed by atoms with E-state index in [9.17, 15) is 31.1 Å². The molecule has 0 bridgehead atoms. The molecule has 0 saturated heterocycles. The molecule has 0 aliphatic heterocycles. The number of hydrogen-bond donors (Lipinski definition) is 1. The molecule has 0 unspecified atom stereocenters. The van der Waals surface area contributed by atoms with Crippen molar-refractivity contribution in [1.82, 2.24) is 4.98 Å². The van der Waals surface area contributed by atoms with Gasteiger partial charge in [-0.05, 0) is 6.07 Å². The molecular formula is C9H4ClF6NO3. The maximum atomic E-state index is 12.7. The van der Waals surface area contributed by atoms with Crippen molar-refractivity contribution < 1.29 is 41.0 Å². The Morgan fingerprint density at radius 2 is 1.85 bits per heavy atom. The van der Waals surface area contributed by atoms with Crippen molar-refractivity contribution in [3.63, 3.8) is 0 Å². The van der Waals surface area contributed by atoms with E-state index >= 15 is 0 Å². The van der Waals surface area contributed by atoms with Gasteiger partial charge in [0.1, 0.15) is 11.3 Å². The Balaban J connectivity index is 3.57. The van der Waals surface area contributed by atoms with Crippen molar-refractivity contribution >= 4 is 17.6 Å². The normalized spacial score (nSPS) is 12.3. The largest absolute Gasteiger partial charge is 0.573 e. The fourth-order valence-electron chi connectivity index (χ4n) is 1.23. The molecule has 1 aromatic heterocycles. The smallest absolute Gasteiger partial charge is 0.477 e. The highest BCUT2D eigenvalue weighted by atomic mass is 35.5. The number of halogens is 7. The zero-order valence-electron chi connectivity index (χ0n) is 9.14. The van der Waals surface area contributed by atoms with E-state index in [0.717, 1.165) is 0 Å². The molecular weight excluding hydrogens is 320 g/mol. The average molecular weight is 324 g/mol. The summed E-state index contributed by atoms with van der Waals surface area (Å²) in [7, 11) is 0. The molecule has 11 heteroatoms. The number of alkyl halides is 7. The number of aromatic nitrogens is 1. The highest BCUT2D eigenvalue weighted by Crippen LogP contribution is 2.40. The van der Waals surface area contributed by atoms with Crippen LogP contribution in [0.5, 0.6) is 5.75 Å². The minimum Gasteiger partial charge on any atom is -0.477 e. The van der Waals surface area contributed by atoms with Gasteiger partial charge in [0.05, 0.1) is 11.6 Å². The molecule has 4 nitrogen and oxygen atoms in total. The van der Waals surface area contributed by atoms with E-state index in [4.69, 9.17) is 16.7 Å². The van der Waals surface area contributed by atoms with Gasteiger partial charge in [0.15, 0.2) is 5.75 Å². The molecule has 20 heavy (non-hydrogen) atoms. The van der Waals surface area contributed by atoms with Gasteiger partial charge < -0.3 is 9.84 Å². The van der Waals surface area contributed by atoms with E-state index in [2.05, 4.69) is 9.72 Å². The second kappa shape index (κ2) is 5.35. The van der Waals surface area contributed by atoms with Crippen LogP contribution < -0.4 is 4.74 Å². The molecule has 0 fully saturated rings. The van der Waals surface area contributed by atoms with Crippen LogP contribution in [0.3, 0.4) is 0 Å². The minimum absolute atomic E-state index is 0.0561. The summed E-state index contributed by atoms with van der Waals surface area (Å²) < 4.78 is 77.6. The maximum Gasteiger partial charge on any atom is 0.573 e. The maximum absolute atomic E-state index is 12.7. The molecule has 1 N–H and O–H groups in total. The van der Waals surface area contributed by atoms with Crippen LogP contribution >= 0.6 is 11.6 Å². The van der Waals surface area contributed by atoms with Crippen LogP contribution in [-0.4, -0.2) is 22.4 Å². The number of hydrogen-bond acceptors (Lipinski definition) is 3. The molecule has 0 aliphatic carbocycles. The third kappa shape index (κ3) is 3.89. The lowest BCUT2D eigenvalue weighted by molar-refractivity contribution is -0.276. The van der Waals surface area contributed by atoms with Crippen molar-refractivity contribution in [2.24, 2.45) is 0 Å². The number of ether oxygens (including phenoxy) is 1. The number of carboxylic acid groups (broad SMARTS) is 1. The van der Waals surface area contributed by atoms with Crippen LogP contribution in [0.2, 0.25) is 0 Å². The first-order valence-electron chi connectivity index (χ1n) is 4.62. The van der Waals surface area contributed by atoms with E-state index < -0.39 is 47.1 Å². The predicted molar refractivity (Wildman–Crippen MR) is 52.4 cm³/mol. The number of aromatic carboxylic acids is 1. The number of rotatable bonds is 3. The van der Waals surface area contributed by atoms with Crippen molar-refractivity contribution in [1.29, 1.82) is 0 Å². The Bertz CT molecular complexity index is 528. The van der Waals surface area contributed by atoms with Crippen LogP contribution in [0.4, 0.5) is 26.3 Å². The van der Waals surface area contributed by atoms with Crippen molar-refractivity contribution in [2.75, 3.05) is 0 Å². The standard InChI is InChI=1S/C9H4ClF6NO3/c10-2-5-6(20-9(14,15)16)3(8(11,12)13)1-4(17-5)7(18)19/h1H,2H2,(H,18,19). The van der Waals surface area contributed by atoms with E-state index in [0.29, 0.717) is 0 Å². The summed E-state index contributed by atoms with van der Waals surface area (Å²) in [5.74, 6) is -4.40. The number of pyridine rings is 1. The quantitative estimate of drug-likeness (QED) is 0.684. The Morgan fingerprint density at radius 1 is 1.30 bits per heavy atom. The number of nitrogens with zero attached hydrogens (tertiary/aromatic N) is 1. The molecule has 0 radical (unpaired) electrons. The molecule has 1 aromatic rings. The lowest BCUT2D eigenvalue weighted by Crippen LogP contribution is -2.22.